The van der Waals surface area contributed by atoms with Crippen LogP contribution in [0.25, 0.3) is 5.70 Å². The lowest BCUT2D eigenvalue weighted by Gasteiger charge is -2.24. The second-order valence-corrected chi connectivity index (χ2v) is 7.66. The lowest BCUT2D eigenvalue weighted by molar-refractivity contribution is -0.116. The minimum atomic E-state index is -0.134. The third-order valence-electron chi connectivity index (χ3n) is 5.43. The first-order valence-corrected chi connectivity index (χ1v) is 10.7. The summed E-state index contributed by atoms with van der Waals surface area (Å²) in [6, 6.07) is 30.1. The summed E-state index contributed by atoms with van der Waals surface area (Å²) in [4.78, 5) is 17.1. The minimum absolute atomic E-state index is 0.107. The maximum atomic E-state index is 12.5. The third-order valence-corrected chi connectivity index (χ3v) is 5.43. The highest BCUT2D eigenvalue weighted by atomic mass is 16.1. The number of benzene rings is 3. The van der Waals surface area contributed by atoms with E-state index in [1.54, 1.807) is 0 Å². The van der Waals surface area contributed by atoms with Crippen molar-refractivity contribution in [1.82, 2.24) is 14.8 Å². The van der Waals surface area contributed by atoms with E-state index in [9.17, 15) is 4.79 Å². The Morgan fingerprint density at radius 3 is 2.28 bits per heavy atom. The van der Waals surface area contributed by atoms with Crippen molar-refractivity contribution >= 4 is 23.5 Å². The molecule has 0 fully saturated rings. The molecular formula is C26H23N5O. The average Bonchev–Trinajstić information content (AvgIpc) is 3.26. The van der Waals surface area contributed by atoms with Gasteiger partial charge in [-0.15, -0.1) is 5.10 Å². The molecule has 1 atom stereocenters. The zero-order chi connectivity index (χ0) is 21.8. The summed E-state index contributed by atoms with van der Waals surface area (Å²) in [5, 5.41) is 10.8. The summed E-state index contributed by atoms with van der Waals surface area (Å²) in [6.07, 6.45) is 3.18. The number of carbonyl (C=O) groups is 1. The van der Waals surface area contributed by atoms with Crippen molar-refractivity contribution in [3.05, 3.63) is 114 Å². The van der Waals surface area contributed by atoms with Crippen LogP contribution in [0.15, 0.2) is 97.1 Å². The van der Waals surface area contributed by atoms with Crippen LogP contribution in [-0.4, -0.2) is 20.7 Å². The van der Waals surface area contributed by atoms with Gasteiger partial charge in [0, 0.05) is 12.1 Å². The van der Waals surface area contributed by atoms with Gasteiger partial charge in [-0.1, -0.05) is 91.0 Å². The van der Waals surface area contributed by atoms with E-state index in [-0.39, 0.29) is 11.9 Å². The molecule has 0 spiro atoms. The summed E-state index contributed by atoms with van der Waals surface area (Å²) in [6.45, 7) is 0. The molecule has 2 heterocycles. The molecule has 0 saturated carbocycles. The van der Waals surface area contributed by atoms with E-state index in [1.165, 1.54) is 0 Å². The Kier molecular flexibility index (Phi) is 5.49. The molecular weight excluding hydrogens is 398 g/mol. The maximum absolute atomic E-state index is 12.5. The van der Waals surface area contributed by atoms with Crippen LogP contribution in [0.1, 0.15) is 29.2 Å². The van der Waals surface area contributed by atoms with E-state index >= 15 is 0 Å². The zero-order valence-electron chi connectivity index (χ0n) is 17.5. The highest BCUT2D eigenvalue weighted by Gasteiger charge is 2.25. The summed E-state index contributed by atoms with van der Waals surface area (Å²) < 4.78 is 1.81. The number of nitrogens with zero attached hydrogens (tertiary/aromatic N) is 3. The topological polar surface area (TPSA) is 71.8 Å². The van der Waals surface area contributed by atoms with Crippen LogP contribution in [0, 0.1) is 0 Å². The van der Waals surface area contributed by atoms with Gasteiger partial charge in [-0.05, 0) is 29.2 Å². The van der Waals surface area contributed by atoms with Gasteiger partial charge < -0.3 is 5.32 Å². The van der Waals surface area contributed by atoms with E-state index in [2.05, 4.69) is 51.1 Å². The summed E-state index contributed by atoms with van der Waals surface area (Å²) >= 11 is 0. The lowest BCUT2D eigenvalue weighted by atomic mass is 10.0. The van der Waals surface area contributed by atoms with Gasteiger partial charge in [-0.2, -0.15) is 4.98 Å². The summed E-state index contributed by atoms with van der Waals surface area (Å²) in [7, 11) is 0. The van der Waals surface area contributed by atoms with Crippen molar-refractivity contribution in [2.24, 2.45) is 0 Å². The average molecular weight is 422 g/mol. The van der Waals surface area contributed by atoms with Crippen molar-refractivity contribution in [3.8, 4) is 0 Å². The van der Waals surface area contributed by atoms with E-state index in [4.69, 9.17) is 0 Å². The molecule has 1 aromatic heterocycles. The molecule has 0 aliphatic carbocycles. The first kappa shape index (κ1) is 19.8. The molecule has 6 heteroatoms. The predicted octanol–water partition coefficient (Wildman–Crippen LogP) is 4.91. The van der Waals surface area contributed by atoms with E-state index in [1.807, 2.05) is 71.4 Å². The fraction of sp³-hybridized carbons (Fsp3) is 0.115. The molecule has 0 bridgehead atoms. The molecule has 5 rings (SSSR count). The highest BCUT2D eigenvalue weighted by molar-refractivity contribution is 5.89. The van der Waals surface area contributed by atoms with E-state index < -0.39 is 0 Å². The van der Waals surface area contributed by atoms with Gasteiger partial charge >= 0.3 is 0 Å². The minimum Gasteiger partial charge on any atom is -0.324 e. The number of anilines is 2. The molecule has 32 heavy (non-hydrogen) atoms. The maximum Gasteiger partial charge on any atom is 0.250 e. The largest absolute Gasteiger partial charge is 0.324 e. The number of fused-ring (bicyclic) bond motifs is 1. The first-order valence-electron chi connectivity index (χ1n) is 10.7. The predicted molar refractivity (Wildman–Crippen MR) is 126 cm³/mol. The molecule has 0 saturated heterocycles. The van der Waals surface area contributed by atoms with Gasteiger partial charge in [0.2, 0.25) is 11.9 Å². The summed E-state index contributed by atoms with van der Waals surface area (Å²) in [5.74, 6) is 0.789. The van der Waals surface area contributed by atoms with Crippen LogP contribution in [-0.2, 0) is 11.2 Å². The fourth-order valence-corrected chi connectivity index (χ4v) is 3.81. The molecule has 0 unspecified atom stereocenters. The Balaban J connectivity index is 1.38. The van der Waals surface area contributed by atoms with Crippen LogP contribution < -0.4 is 10.6 Å². The van der Waals surface area contributed by atoms with Crippen LogP contribution in [0.2, 0.25) is 0 Å². The smallest absolute Gasteiger partial charge is 0.250 e. The Morgan fingerprint density at radius 2 is 1.56 bits per heavy atom. The van der Waals surface area contributed by atoms with Crippen LogP contribution in [0.5, 0.6) is 0 Å². The normalized spacial score (nSPS) is 14.8. The third kappa shape index (κ3) is 4.30. The SMILES string of the molecule is O=C(CCc1ccccc1)Nc1nc2n(n1)[C@H](c1ccccc1)C=C(c1ccccc1)N2. The number of rotatable bonds is 6. The monoisotopic (exact) mass is 421 g/mol. The quantitative estimate of drug-likeness (QED) is 0.464. The highest BCUT2D eigenvalue weighted by Crippen LogP contribution is 2.33. The molecule has 6 nitrogen and oxygen atoms in total. The fourth-order valence-electron chi connectivity index (χ4n) is 3.81. The number of aryl methyl sites for hydroxylation is 1. The molecule has 158 valence electrons. The number of hydrogen-bond acceptors (Lipinski definition) is 4. The number of carbonyl (C=O) groups excluding carboxylic acids is 1. The van der Waals surface area contributed by atoms with Crippen molar-refractivity contribution < 1.29 is 4.79 Å². The Morgan fingerprint density at radius 1 is 0.906 bits per heavy atom. The lowest BCUT2D eigenvalue weighted by Crippen LogP contribution is -2.20. The van der Waals surface area contributed by atoms with Gasteiger partial charge in [0.05, 0.1) is 0 Å². The standard InChI is InChI=1S/C26H23N5O/c32-24(17-16-19-10-4-1-5-11-19)28-25-29-26-27-22(20-12-6-2-7-13-20)18-23(31(26)30-25)21-14-8-3-9-15-21/h1-15,18,23H,16-17H2,(H2,27,28,29,30,32)/t23-/m0/s1. The number of hydrogen-bond donors (Lipinski definition) is 2. The Labute approximate surface area is 186 Å². The number of nitrogens with one attached hydrogen (secondary N) is 2. The second kappa shape index (κ2) is 8.89. The molecule has 1 amide bonds. The van der Waals surface area contributed by atoms with Gasteiger partial charge in [0.25, 0.3) is 5.95 Å². The van der Waals surface area contributed by atoms with E-state index in [0.29, 0.717) is 24.7 Å². The molecule has 3 aromatic carbocycles. The molecule has 2 N–H and O–H groups in total. The van der Waals surface area contributed by atoms with Gasteiger partial charge in [-0.3, -0.25) is 10.1 Å². The van der Waals surface area contributed by atoms with Gasteiger partial charge in [0.1, 0.15) is 6.04 Å². The van der Waals surface area contributed by atoms with Crippen molar-refractivity contribution in [1.29, 1.82) is 0 Å². The zero-order valence-corrected chi connectivity index (χ0v) is 17.5. The van der Waals surface area contributed by atoms with Crippen LogP contribution in [0.4, 0.5) is 11.9 Å². The summed E-state index contributed by atoms with van der Waals surface area (Å²) in [5.41, 5.74) is 4.25. The van der Waals surface area contributed by atoms with Crippen molar-refractivity contribution in [2.45, 2.75) is 18.9 Å². The van der Waals surface area contributed by atoms with Gasteiger partial charge in [0.15, 0.2) is 0 Å². The van der Waals surface area contributed by atoms with Crippen molar-refractivity contribution in [3.63, 3.8) is 0 Å². The van der Waals surface area contributed by atoms with Crippen molar-refractivity contribution in [2.75, 3.05) is 10.6 Å². The van der Waals surface area contributed by atoms with Crippen LogP contribution >= 0.6 is 0 Å². The number of allylic oxidation sites excluding steroid dienone is 1. The number of amides is 1. The Hall–Kier alpha value is -4.19. The second-order valence-electron chi connectivity index (χ2n) is 7.66. The van der Waals surface area contributed by atoms with E-state index in [0.717, 1.165) is 22.4 Å². The molecule has 0 radical (unpaired) electrons. The molecule has 4 aromatic rings. The molecule has 1 aliphatic rings. The molecule has 1 aliphatic heterocycles. The van der Waals surface area contributed by atoms with Gasteiger partial charge in [-0.25, -0.2) is 4.68 Å². The Bertz CT molecular complexity index is 1230. The first-order chi connectivity index (χ1) is 15.8. The number of aromatic nitrogens is 3. The van der Waals surface area contributed by atoms with Crippen LogP contribution in [0.3, 0.4) is 0 Å².